The molecule has 0 saturated carbocycles. The van der Waals surface area contributed by atoms with Crippen LogP contribution in [0.25, 0.3) is 15.9 Å². The third-order valence-electron chi connectivity index (χ3n) is 2.94. The molecular formula is C15H14N4O2. The number of aliphatic hydroxyl groups excluding tert-OH is 1. The molecule has 0 aliphatic heterocycles. The highest BCUT2D eigenvalue weighted by Gasteiger charge is 2.08. The van der Waals surface area contributed by atoms with Crippen molar-refractivity contribution in [2.45, 2.75) is 19.4 Å². The second kappa shape index (κ2) is 6.56. The van der Waals surface area contributed by atoms with Crippen LogP contribution in [0.1, 0.15) is 12.5 Å². The molecule has 6 heteroatoms. The highest BCUT2D eigenvalue weighted by atomic mass is 16.5. The van der Waals surface area contributed by atoms with Gasteiger partial charge in [0.25, 0.3) is 5.70 Å². The fraction of sp³-hybridized carbons (Fsp3) is 0.267. The predicted molar refractivity (Wildman–Crippen MR) is 77.3 cm³/mol. The minimum atomic E-state index is -0.307. The molecule has 2 aromatic heterocycles. The van der Waals surface area contributed by atoms with E-state index in [1.807, 2.05) is 12.1 Å². The zero-order valence-corrected chi connectivity index (χ0v) is 11.5. The molecule has 0 radical (unpaired) electrons. The number of nitriles is 1. The number of aromatic amines is 1. The van der Waals surface area contributed by atoms with E-state index in [1.54, 1.807) is 25.4 Å². The Balaban J connectivity index is 2.29. The normalized spacial score (nSPS) is 12.7. The average molecular weight is 282 g/mol. The van der Waals surface area contributed by atoms with E-state index >= 15 is 0 Å². The number of H-pyrrole nitrogens is 1. The van der Waals surface area contributed by atoms with E-state index in [9.17, 15) is 0 Å². The first-order valence-electron chi connectivity index (χ1n) is 6.39. The molecule has 0 bridgehead atoms. The molecular weight excluding hydrogens is 268 g/mol. The maximum absolute atomic E-state index is 9.01. The van der Waals surface area contributed by atoms with Crippen molar-refractivity contribution in [1.82, 2.24) is 9.97 Å². The van der Waals surface area contributed by atoms with E-state index in [4.69, 9.17) is 21.7 Å². The number of hydrogen-bond acceptors (Lipinski definition) is 4. The van der Waals surface area contributed by atoms with E-state index in [1.165, 1.54) is 0 Å². The van der Waals surface area contributed by atoms with Gasteiger partial charge in [-0.1, -0.05) is 6.08 Å². The van der Waals surface area contributed by atoms with Crippen molar-refractivity contribution < 1.29 is 9.84 Å². The van der Waals surface area contributed by atoms with Gasteiger partial charge < -0.3 is 14.8 Å². The molecule has 106 valence electrons. The first kappa shape index (κ1) is 14.6. The number of aliphatic hydroxyl groups is 1. The zero-order chi connectivity index (χ0) is 15.2. The van der Waals surface area contributed by atoms with Crippen LogP contribution >= 0.6 is 0 Å². The number of fused-ring (bicyclic) bond motifs is 1. The summed E-state index contributed by atoms with van der Waals surface area (Å²) >= 11 is 0. The summed E-state index contributed by atoms with van der Waals surface area (Å²) in [6, 6.07) is 3.67. The van der Waals surface area contributed by atoms with Crippen LogP contribution in [0, 0.1) is 17.9 Å². The van der Waals surface area contributed by atoms with Crippen molar-refractivity contribution in [2.24, 2.45) is 0 Å². The molecule has 2 rings (SSSR count). The van der Waals surface area contributed by atoms with Crippen LogP contribution in [0.4, 0.5) is 0 Å². The first-order valence-corrected chi connectivity index (χ1v) is 6.39. The van der Waals surface area contributed by atoms with Crippen LogP contribution in [0.3, 0.4) is 0 Å². The minimum Gasteiger partial charge on any atom is -0.487 e. The molecule has 1 atom stereocenters. The molecule has 2 aromatic rings. The van der Waals surface area contributed by atoms with E-state index < -0.39 is 0 Å². The Kier molecular flexibility index (Phi) is 4.55. The van der Waals surface area contributed by atoms with E-state index in [-0.39, 0.29) is 18.4 Å². The number of nitrogens with zero attached hydrogens (tertiary/aromatic N) is 3. The summed E-state index contributed by atoms with van der Waals surface area (Å²) in [7, 11) is 0. The number of aromatic nitrogens is 2. The Morgan fingerprint density at radius 2 is 2.52 bits per heavy atom. The van der Waals surface area contributed by atoms with Gasteiger partial charge in [-0.2, -0.15) is 0 Å². The summed E-state index contributed by atoms with van der Waals surface area (Å²) in [4.78, 5) is 10.4. The van der Waals surface area contributed by atoms with Crippen molar-refractivity contribution in [2.75, 3.05) is 6.61 Å². The third-order valence-corrected chi connectivity index (χ3v) is 2.94. The molecule has 0 aliphatic carbocycles. The topological polar surface area (TPSA) is 86.3 Å². The van der Waals surface area contributed by atoms with Gasteiger partial charge >= 0.3 is 0 Å². The lowest BCUT2D eigenvalue weighted by atomic mass is 10.1. The minimum absolute atomic E-state index is 0.0682. The largest absolute Gasteiger partial charge is 0.487 e. The van der Waals surface area contributed by atoms with E-state index in [0.717, 1.165) is 10.9 Å². The molecule has 2 heterocycles. The van der Waals surface area contributed by atoms with Gasteiger partial charge in [-0.15, -0.1) is 0 Å². The first-order chi connectivity index (χ1) is 10.2. The van der Waals surface area contributed by atoms with Gasteiger partial charge in [0, 0.05) is 11.6 Å². The van der Waals surface area contributed by atoms with Crippen LogP contribution in [0.15, 0.2) is 30.2 Å². The standard InChI is InChI=1S/C15H14N4O2/c1-10(9-20)21-13-5-14-11(3-4-12(6-16)17-2)7-18-15(14)19-8-13/h4-5,7-8,10,20H,3,9H2,1H3,(H,18,19)/b12-4-. The predicted octanol–water partition coefficient (Wildman–Crippen LogP) is 2.19. The SMILES string of the molecule is [C-]#[N+]/C(C#N)=C\Cc1c[nH]c2ncc(OC(C)CO)cc12. The average Bonchev–Trinajstić information content (AvgIpc) is 2.91. The van der Waals surface area contributed by atoms with Crippen LogP contribution in [0.2, 0.25) is 0 Å². The second-order valence-electron chi connectivity index (χ2n) is 4.51. The van der Waals surface area contributed by atoms with Crippen molar-refractivity contribution in [3.8, 4) is 11.8 Å². The smallest absolute Gasteiger partial charge is 0.258 e. The number of pyridine rings is 1. The Bertz CT molecular complexity index is 733. The number of nitrogens with one attached hydrogen (secondary N) is 1. The van der Waals surface area contributed by atoms with Crippen LogP contribution in [-0.2, 0) is 6.42 Å². The number of ether oxygens (including phenoxy) is 1. The van der Waals surface area contributed by atoms with Crippen LogP contribution in [0.5, 0.6) is 5.75 Å². The lowest BCUT2D eigenvalue weighted by Gasteiger charge is -2.11. The Morgan fingerprint density at radius 3 is 3.19 bits per heavy atom. The molecule has 21 heavy (non-hydrogen) atoms. The van der Waals surface area contributed by atoms with Crippen molar-refractivity contribution in [1.29, 1.82) is 5.26 Å². The lowest BCUT2D eigenvalue weighted by Crippen LogP contribution is -2.16. The molecule has 0 aromatic carbocycles. The van der Waals surface area contributed by atoms with E-state index in [0.29, 0.717) is 17.8 Å². The fourth-order valence-corrected chi connectivity index (χ4v) is 1.86. The Morgan fingerprint density at radius 1 is 1.71 bits per heavy atom. The molecule has 0 aliphatic rings. The van der Waals surface area contributed by atoms with E-state index in [2.05, 4.69) is 14.8 Å². The molecule has 0 amide bonds. The maximum atomic E-state index is 9.01. The van der Waals surface area contributed by atoms with Crippen molar-refractivity contribution in [3.63, 3.8) is 0 Å². The van der Waals surface area contributed by atoms with Gasteiger partial charge in [-0.05, 0) is 25.0 Å². The van der Waals surface area contributed by atoms with Gasteiger partial charge in [0.1, 0.15) is 17.5 Å². The quantitative estimate of drug-likeness (QED) is 0.650. The monoisotopic (exact) mass is 282 g/mol. The molecule has 0 fully saturated rings. The van der Waals surface area contributed by atoms with Crippen LogP contribution < -0.4 is 4.74 Å². The van der Waals surface area contributed by atoms with Gasteiger partial charge in [0.15, 0.2) is 0 Å². The van der Waals surface area contributed by atoms with Gasteiger partial charge in [0.05, 0.1) is 25.4 Å². The van der Waals surface area contributed by atoms with Crippen molar-refractivity contribution in [3.05, 3.63) is 47.2 Å². The number of allylic oxidation sites excluding steroid dienone is 2. The Labute approximate surface area is 122 Å². The number of rotatable bonds is 5. The van der Waals surface area contributed by atoms with Crippen molar-refractivity contribution >= 4 is 11.0 Å². The van der Waals surface area contributed by atoms with Gasteiger partial charge in [-0.25, -0.2) is 15.1 Å². The highest BCUT2D eigenvalue weighted by Crippen LogP contribution is 2.23. The summed E-state index contributed by atoms with van der Waals surface area (Å²) in [5.74, 6) is 0.569. The summed E-state index contributed by atoms with van der Waals surface area (Å²) in [6.45, 7) is 8.55. The summed E-state index contributed by atoms with van der Waals surface area (Å²) in [5.41, 5.74) is 1.71. The summed E-state index contributed by atoms with van der Waals surface area (Å²) in [6.07, 6.45) is 5.13. The molecule has 0 spiro atoms. The highest BCUT2D eigenvalue weighted by molar-refractivity contribution is 5.81. The van der Waals surface area contributed by atoms with Gasteiger partial charge in [0.2, 0.25) is 0 Å². The molecule has 6 nitrogen and oxygen atoms in total. The molecule has 1 unspecified atom stereocenters. The molecule has 0 saturated heterocycles. The lowest BCUT2D eigenvalue weighted by molar-refractivity contribution is 0.129. The Hall–Kier alpha value is -2.83. The molecule has 2 N–H and O–H groups in total. The zero-order valence-electron chi connectivity index (χ0n) is 11.5. The fourth-order valence-electron chi connectivity index (χ4n) is 1.86. The maximum Gasteiger partial charge on any atom is 0.258 e. The van der Waals surface area contributed by atoms with Gasteiger partial charge in [-0.3, -0.25) is 0 Å². The summed E-state index contributed by atoms with van der Waals surface area (Å²) < 4.78 is 5.52. The number of hydrogen-bond donors (Lipinski definition) is 2. The third kappa shape index (κ3) is 3.38. The van der Waals surface area contributed by atoms with Crippen LogP contribution in [-0.4, -0.2) is 27.8 Å². The second-order valence-corrected chi connectivity index (χ2v) is 4.51. The summed E-state index contributed by atoms with van der Waals surface area (Å²) in [5, 5.41) is 18.6.